The smallest absolute Gasteiger partial charge is 0.314 e. The van der Waals surface area contributed by atoms with Crippen molar-refractivity contribution in [2.45, 2.75) is 71.4 Å². The summed E-state index contributed by atoms with van der Waals surface area (Å²) in [4.78, 5) is 26.6. The third kappa shape index (κ3) is 6.62. The molecule has 40 heavy (non-hydrogen) atoms. The molecular formula is C30H41N4O5S+. The maximum atomic E-state index is 13.5. The molecule has 2 aromatic carbocycles. The van der Waals surface area contributed by atoms with Gasteiger partial charge in [0.25, 0.3) is 15.9 Å². The molecule has 1 aromatic heterocycles. The first-order chi connectivity index (χ1) is 18.9. The summed E-state index contributed by atoms with van der Waals surface area (Å²) >= 11 is 0. The molecule has 9 nitrogen and oxygen atoms in total. The standard InChI is InChI=1S/C30H40N4O5S/c1-8-9-14-27(35)34(7,28(20(2)3)30(36)31-6)19-23-15-17-24(18-16-23)25-12-10-11-13-26(25)40(37,38)33-29-21(4)22(5)39-32-29/h10-13,15-18,20,28H,8-9,14,19H2,1-7H3,(H-,31,32,33,36)/p+1/t28-,34?/m0/s1. The van der Waals surface area contributed by atoms with Crippen LogP contribution in [-0.4, -0.2) is 50.0 Å². The van der Waals surface area contributed by atoms with Crippen LogP contribution in [0.2, 0.25) is 0 Å². The normalized spacial score (nSPS) is 14.0. The van der Waals surface area contributed by atoms with Crippen LogP contribution in [0.5, 0.6) is 0 Å². The lowest BCUT2D eigenvalue weighted by Crippen LogP contribution is -2.62. The van der Waals surface area contributed by atoms with E-state index in [0.717, 1.165) is 18.4 Å². The number of anilines is 1. The first kappa shape index (κ1) is 31.0. The van der Waals surface area contributed by atoms with Crippen molar-refractivity contribution in [3.05, 3.63) is 65.4 Å². The molecule has 2 amide bonds. The number of rotatable bonds is 12. The Balaban J connectivity index is 1.96. The molecule has 1 unspecified atom stereocenters. The van der Waals surface area contributed by atoms with Crippen molar-refractivity contribution in [2.24, 2.45) is 5.92 Å². The summed E-state index contributed by atoms with van der Waals surface area (Å²) in [5.74, 6) is 0.494. The van der Waals surface area contributed by atoms with Crippen LogP contribution in [0.4, 0.5) is 5.82 Å². The van der Waals surface area contributed by atoms with Gasteiger partial charge in [0.2, 0.25) is 0 Å². The van der Waals surface area contributed by atoms with Gasteiger partial charge in [-0.25, -0.2) is 17.7 Å². The maximum Gasteiger partial charge on any atom is 0.314 e. The molecule has 0 saturated heterocycles. The van der Waals surface area contributed by atoms with Gasteiger partial charge in [-0.1, -0.05) is 74.8 Å². The van der Waals surface area contributed by atoms with Gasteiger partial charge < -0.3 is 9.84 Å². The molecule has 1 heterocycles. The van der Waals surface area contributed by atoms with Crippen molar-refractivity contribution in [3.63, 3.8) is 0 Å². The van der Waals surface area contributed by atoms with Crippen molar-refractivity contribution >= 4 is 27.7 Å². The number of carbonyl (C=O) groups excluding carboxylic acids is 2. The van der Waals surface area contributed by atoms with Gasteiger partial charge >= 0.3 is 5.91 Å². The molecular weight excluding hydrogens is 528 g/mol. The highest BCUT2D eigenvalue weighted by Crippen LogP contribution is 2.31. The summed E-state index contributed by atoms with van der Waals surface area (Å²) in [5.41, 5.74) is 2.73. The summed E-state index contributed by atoms with van der Waals surface area (Å²) in [6.07, 6.45) is 2.05. The summed E-state index contributed by atoms with van der Waals surface area (Å²) in [6, 6.07) is 13.7. The molecule has 10 heteroatoms. The first-order valence-electron chi connectivity index (χ1n) is 13.6. The van der Waals surface area contributed by atoms with Gasteiger partial charge in [0.05, 0.1) is 18.4 Å². The number of quaternary nitrogens is 1. The minimum Gasteiger partial charge on any atom is -0.359 e. The summed E-state index contributed by atoms with van der Waals surface area (Å²) < 4.78 is 34.3. The van der Waals surface area contributed by atoms with E-state index in [1.807, 2.05) is 52.1 Å². The highest BCUT2D eigenvalue weighted by Gasteiger charge is 2.45. The topological polar surface area (TPSA) is 118 Å². The van der Waals surface area contributed by atoms with Crippen LogP contribution in [0.15, 0.2) is 57.9 Å². The minimum absolute atomic E-state index is 0.0223. The van der Waals surface area contributed by atoms with Crippen LogP contribution in [0.3, 0.4) is 0 Å². The average molecular weight is 570 g/mol. The summed E-state index contributed by atoms with van der Waals surface area (Å²) in [5, 5.41) is 6.57. The molecule has 3 aromatic rings. The quantitative estimate of drug-likeness (QED) is 0.290. The number of likely N-dealkylation sites (N-methyl/N-ethyl adjacent to an activating group) is 2. The number of aromatic nitrogens is 1. The molecule has 0 fully saturated rings. The monoisotopic (exact) mass is 569 g/mol. The van der Waals surface area contributed by atoms with Crippen LogP contribution >= 0.6 is 0 Å². The predicted molar refractivity (Wildman–Crippen MR) is 156 cm³/mol. The molecule has 0 aliphatic heterocycles. The summed E-state index contributed by atoms with van der Waals surface area (Å²) in [6.45, 7) is 9.75. The lowest BCUT2D eigenvalue weighted by molar-refractivity contribution is -0.868. The van der Waals surface area contributed by atoms with Crippen LogP contribution in [0, 0.1) is 19.8 Å². The third-order valence-electron chi connectivity index (χ3n) is 7.42. The number of nitrogens with zero attached hydrogens (tertiary/aromatic N) is 2. The van der Waals surface area contributed by atoms with E-state index < -0.39 is 16.1 Å². The number of sulfonamides is 1. The Morgan fingerprint density at radius 3 is 2.25 bits per heavy atom. The molecule has 216 valence electrons. The summed E-state index contributed by atoms with van der Waals surface area (Å²) in [7, 11) is -0.522. The van der Waals surface area contributed by atoms with Crippen LogP contribution in [-0.2, 0) is 26.2 Å². The van der Waals surface area contributed by atoms with Crippen molar-refractivity contribution in [1.82, 2.24) is 10.5 Å². The van der Waals surface area contributed by atoms with Gasteiger partial charge in [0, 0.05) is 29.7 Å². The fraction of sp³-hybridized carbons (Fsp3) is 0.433. The Labute approximate surface area is 237 Å². The highest BCUT2D eigenvalue weighted by molar-refractivity contribution is 7.92. The lowest BCUT2D eigenvalue weighted by Gasteiger charge is -2.40. The fourth-order valence-corrected chi connectivity index (χ4v) is 6.38. The highest BCUT2D eigenvalue weighted by atomic mass is 32.2. The zero-order valence-electron chi connectivity index (χ0n) is 24.4. The second-order valence-electron chi connectivity index (χ2n) is 10.7. The van der Waals surface area contributed by atoms with E-state index in [0.29, 0.717) is 35.4 Å². The molecule has 0 aliphatic carbocycles. The fourth-order valence-electron chi connectivity index (χ4n) is 5.10. The van der Waals surface area contributed by atoms with Crippen LogP contribution in [0.1, 0.15) is 56.9 Å². The number of amides is 2. The number of hydrogen-bond donors (Lipinski definition) is 2. The molecule has 2 atom stereocenters. The van der Waals surface area contributed by atoms with Crippen molar-refractivity contribution < 1.29 is 27.0 Å². The van der Waals surface area contributed by atoms with E-state index in [4.69, 9.17) is 4.52 Å². The Bertz CT molecular complexity index is 1450. The van der Waals surface area contributed by atoms with Gasteiger partial charge in [-0.3, -0.25) is 9.52 Å². The molecule has 2 N–H and O–H groups in total. The van der Waals surface area contributed by atoms with E-state index in [9.17, 15) is 18.0 Å². The number of aryl methyl sites for hydroxylation is 1. The molecule has 0 spiro atoms. The van der Waals surface area contributed by atoms with Gasteiger partial charge in [-0.2, -0.15) is 0 Å². The minimum atomic E-state index is -3.96. The zero-order chi connectivity index (χ0) is 29.7. The van der Waals surface area contributed by atoms with Crippen molar-refractivity contribution in [3.8, 4) is 11.1 Å². The molecule has 0 bridgehead atoms. The Morgan fingerprint density at radius 1 is 1.05 bits per heavy atom. The second-order valence-corrected chi connectivity index (χ2v) is 12.4. The van der Waals surface area contributed by atoms with E-state index in [1.54, 1.807) is 45.2 Å². The second kappa shape index (κ2) is 12.8. The Hall–Kier alpha value is -3.50. The SMILES string of the molecule is CCCCC(=O)[N+](C)(Cc1ccc(-c2ccccc2S(=O)(=O)Nc2noc(C)c2C)cc1)[C@H](C(=O)NC)C(C)C. The zero-order valence-corrected chi connectivity index (χ0v) is 25.3. The molecule has 0 radical (unpaired) electrons. The van der Waals surface area contributed by atoms with Gasteiger partial charge in [-0.15, -0.1) is 0 Å². The first-order valence-corrected chi connectivity index (χ1v) is 15.1. The average Bonchev–Trinajstić information content (AvgIpc) is 3.23. The van der Waals surface area contributed by atoms with Crippen molar-refractivity contribution in [1.29, 1.82) is 0 Å². The lowest BCUT2D eigenvalue weighted by atomic mass is 9.96. The van der Waals surface area contributed by atoms with Crippen molar-refractivity contribution in [2.75, 3.05) is 18.8 Å². The van der Waals surface area contributed by atoms with Gasteiger partial charge in [-0.05, 0) is 31.9 Å². The molecule has 0 saturated carbocycles. The Morgan fingerprint density at radius 2 is 1.70 bits per heavy atom. The molecule has 3 rings (SSSR count). The Kier molecular flexibility index (Phi) is 9.92. The van der Waals surface area contributed by atoms with Gasteiger partial charge in [0.15, 0.2) is 11.9 Å². The van der Waals surface area contributed by atoms with E-state index in [2.05, 4.69) is 15.2 Å². The van der Waals surface area contributed by atoms with Crippen LogP contribution in [0.25, 0.3) is 11.1 Å². The number of carbonyl (C=O) groups is 2. The van der Waals surface area contributed by atoms with E-state index >= 15 is 0 Å². The molecule has 0 aliphatic rings. The number of benzene rings is 2. The largest absolute Gasteiger partial charge is 0.359 e. The number of hydrogen-bond acceptors (Lipinski definition) is 6. The number of unbranched alkanes of at least 4 members (excludes halogenated alkanes) is 1. The van der Waals surface area contributed by atoms with Gasteiger partial charge in [0.1, 0.15) is 12.3 Å². The van der Waals surface area contributed by atoms with Crippen LogP contribution < -0.4 is 10.0 Å². The van der Waals surface area contributed by atoms with E-state index in [1.165, 1.54) is 0 Å². The van der Waals surface area contributed by atoms with E-state index in [-0.39, 0.29) is 32.9 Å². The number of nitrogens with one attached hydrogen (secondary N) is 2. The third-order valence-corrected chi connectivity index (χ3v) is 8.81. The predicted octanol–water partition coefficient (Wildman–Crippen LogP) is 5.19. The maximum absolute atomic E-state index is 13.5.